The number of nitrogens with one attached hydrogen (secondary N) is 1. The fraction of sp³-hybridized carbons (Fsp3) is 0.647. The van der Waals surface area contributed by atoms with E-state index in [9.17, 15) is 4.39 Å². The largest absolute Gasteiger partial charge is 0.371 e. The molecule has 0 aromatic heterocycles. The number of benzene rings is 1. The van der Waals surface area contributed by atoms with Crippen LogP contribution >= 0.6 is 0 Å². The van der Waals surface area contributed by atoms with E-state index in [1.54, 1.807) is 12.1 Å². The van der Waals surface area contributed by atoms with E-state index < -0.39 is 0 Å². The summed E-state index contributed by atoms with van der Waals surface area (Å²) < 4.78 is 13.8. The molecular formula is C17H27FN2. The Balaban J connectivity index is 2.08. The lowest BCUT2D eigenvalue weighted by molar-refractivity contribution is 0.459. The van der Waals surface area contributed by atoms with Crippen molar-refractivity contribution in [1.82, 2.24) is 5.32 Å². The smallest absolute Gasteiger partial charge is 0.125 e. The first-order valence-electron chi connectivity index (χ1n) is 7.98. The van der Waals surface area contributed by atoms with Crippen LogP contribution in [0.25, 0.3) is 0 Å². The highest BCUT2D eigenvalue weighted by Crippen LogP contribution is 2.25. The van der Waals surface area contributed by atoms with Crippen LogP contribution in [-0.4, -0.2) is 19.6 Å². The van der Waals surface area contributed by atoms with Crippen molar-refractivity contribution in [3.05, 3.63) is 29.6 Å². The first-order chi connectivity index (χ1) is 9.72. The molecule has 2 rings (SSSR count). The summed E-state index contributed by atoms with van der Waals surface area (Å²) in [4.78, 5) is 2.36. The highest BCUT2D eigenvalue weighted by molar-refractivity contribution is 5.49. The van der Waals surface area contributed by atoms with Gasteiger partial charge in [0.1, 0.15) is 5.82 Å². The van der Waals surface area contributed by atoms with Gasteiger partial charge in [-0.05, 0) is 55.5 Å². The predicted octanol–water partition coefficient (Wildman–Crippen LogP) is 3.95. The number of hydrogen-bond acceptors (Lipinski definition) is 2. The highest BCUT2D eigenvalue weighted by atomic mass is 19.1. The second-order valence-electron chi connectivity index (χ2n) is 5.79. The molecule has 1 fully saturated rings. The van der Waals surface area contributed by atoms with Crippen molar-refractivity contribution in [2.75, 3.05) is 24.5 Å². The predicted molar refractivity (Wildman–Crippen MR) is 83.6 cm³/mol. The molecule has 1 unspecified atom stereocenters. The topological polar surface area (TPSA) is 15.3 Å². The van der Waals surface area contributed by atoms with Crippen LogP contribution in [0.1, 0.15) is 45.1 Å². The second-order valence-corrected chi connectivity index (χ2v) is 5.79. The lowest BCUT2D eigenvalue weighted by Gasteiger charge is -2.23. The van der Waals surface area contributed by atoms with Crippen molar-refractivity contribution in [3.63, 3.8) is 0 Å². The first-order valence-corrected chi connectivity index (χ1v) is 7.98. The van der Waals surface area contributed by atoms with Gasteiger partial charge in [-0.15, -0.1) is 0 Å². The fourth-order valence-corrected chi connectivity index (χ4v) is 3.02. The molecule has 2 nitrogen and oxygen atoms in total. The molecule has 1 saturated heterocycles. The Morgan fingerprint density at radius 1 is 1.20 bits per heavy atom. The minimum absolute atomic E-state index is 0.119. The Morgan fingerprint density at radius 3 is 2.80 bits per heavy atom. The molecule has 1 aliphatic rings. The van der Waals surface area contributed by atoms with Crippen LogP contribution in [0.3, 0.4) is 0 Å². The summed E-state index contributed by atoms with van der Waals surface area (Å²) in [6.07, 6.45) is 5.03. The van der Waals surface area contributed by atoms with Gasteiger partial charge in [0.05, 0.1) is 0 Å². The molecule has 0 radical (unpaired) electrons. The average Bonchev–Trinajstić information content (AvgIpc) is 2.70. The van der Waals surface area contributed by atoms with E-state index in [1.807, 2.05) is 0 Å². The molecule has 0 aliphatic carbocycles. The highest BCUT2D eigenvalue weighted by Gasteiger charge is 2.16. The van der Waals surface area contributed by atoms with E-state index in [2.05, 4.69) is 30.1 Å². The van der Waals surface area contributed by atoms with Crippen molar-refractivity contribution in [3.8, 4) is 0 Å². The normalized spacial score (nSPS) is 19.9. The van der Waals surface area contributed by atoms with Gasteiger partial charge in [0.2, 0.25) is 0 Å². The van der Waals surface area contributed by atoms with Gasteiger partial charge < -0.3 is 10.2 Å². The number of halogens is 1. The molecule has 1 N–H and O–H groups in total. The maximum Gasteiger partial charge on any atom is 0.125 e. The summed E-state index contributed by atoms with van der Waals surface area (Å²) in [6, 6.07) is 5.46. The van der Waals surface area contributed by atoms with Gasteiger partial charge >= 0.3 is 0 Å². The lowest BCUT2D eigenvalue weighted by Crippen LogP contribution is -2.24. The van der Waals surface area contributed by atoms with E-state index in [0.29, 0.717) is 0 Å². The molecule has 0 amide bonds. The minimum atomic E-state index is -0.119. The van der Waals surface area contributed by atoms with Crippen LogP contribution in [0.15, 0.2) is 18.2 Å². The second kappa shape index (κ2) is 7.63. The molecule has 1 atom stereocenters. The van der Waals surface area contributed by atoms with E-state index >= 15 is 0 Å². The van der Waals surface area contributed by atoms with Crippen LogP contribution in [0, 0.1) is 11.7 Å². The van der Waals surface area contributed by atoms with Crippen molar-refractivity contribution >= 4 is 5.69 Å². The van der Waals surface area contributed by atoms with Gasteiger partial charge in [0.25, 0.3) is 0 Å². The number of rotatable bonds is 5. The molecule has 3 heteroatoms. The average molecular weight is 278 g/mol. The third-order valence-electron chi connectivity index (χ3n) is 4.31. The Morgan fingerprint density at radius 2 is 2.05 bits per heavy atom. The van der Waals surface area contributed by atoms with Crippen LogP contribution in [0.2, 0.25) is 0 Å². The van der Waals surface area contributed by atoms with Gasteiger partial charge in [0, 0.05) is 25.3 Å². The van der Waals surface area contributed by atoms with Gasteiger partial charge in [-0.2, -0.15) is 0 Å². The Hall–Kier alpha value is -1.09. The maximum absolute atomic E-state index is 13.8. The van der Waals surface area contributed by atoms with E-state index in [0.717, 1.165) is 43.3 Å². The molecule has 1 aliphatic heterocycles. The number of nitrogens with zero attached hydrogens (tertiary/aromatic N) is 1. The monoisotopic (exact) mass is 278 g/mol. The SMILES string of the molecule is CCNCc1cc(F)cc(N2CCCC(CC)CC2)c1. The quantitative estimate of drug-likeness (QED) is 0.877. The van der Waals surface area contributed by atoms with Crippen molar-refractivity contribution < 1.29 is 4.39 Å². The molecular weight excluding hydrogens is 251 g/mol. The molecule has 112 valence electrons. The lowest BCUT2D eigenvalue weighted by atomic mass is 9.98. The summed E-state index contributed by atoms with van der Waals surface area (Å²) in [5.41, 5.74) is 2.09. The van der Waals surface area contributed by atoms with Crippen molar-refractivity contribution in [2.45, 2.75) is 46.1 Å². The minimum Gasteiger partial charge on any atom is -0.371 e. The van der Waals surface area contributed by atoms with Crippen molar-refractivity contribution in [2.24, 2.45) is 5.92 Å². The van der Waals surface area contributed by atoms with Crippen LogP contribution in [0.4, 0.5) is 10.1 Å². The van der Waals surface area contributed by atoms with E-state index in [1.165, 1.54) is 25.7 Å². The molecule has 0 spiro atoms. The van der Waals surface area contributed by atoms with E-state index in [-0.39, 0.29) is 5.82 Å². The molecule has 0 bridgehead atoms. The number of anilines is 1. The molecule has 1 heterocycles. The van der Waals surface area contributed by atoms with Gasteiger partial charge in [-0.25, -0.2) is 4.39 Å². The third kappa shape index (κ3) is 4.20. The molecule has 1 aromatic carbocycles. The first kappa shape index (κ1) is 15.3. The number of hydrogen-bond donors (Lipinski definition) is 1. The van der Waals surface area contributed by atoms with E-state index in [4.69, 9.17) is 0 Å². The zero-order chi connectivity index (χ0) is 14.4. The summed E-state index contributed by atoms with van der Waals surface area (Å²) in [5.74, 6) is 0.724. The zero-order valence-electron chi connectivity index (χ0n) is 12.8. The molecule has 1 aromatic rings. The maximum atomic E-state index is 13.8. The standard InChI is InChI=1S/C17H27FN2/c1-3-14-6-5-8-20(9-7-14)17-11-15(13-19-4-2)10-16(18)12-17/h10-12,14,19H,3-9,13H2,1-2H3. The van der Waals surface area contributed by atoms with Gasteiger partial charge in [-0.1, -0.05) is 20.3 Å². The summed E-state index contributed by atoms with van der Waals surface area (Å²) in [7, 11) is 0. The summed E-state index contributed by atoms with van der Waals surface area (Å²) >= 11 is 0. The van der Waals surface area contributed by atoms with Crippen molar-refractivity contribution in [1.29, 1.82) is 0 Å². The third-order valence-corrected chi connectivity index (χ3v) is 4.31. The Bertz CT molecular complexity index is 419. The van der Waals surface area contributed by atoms with Crippen LogP contribution in [-0.2, 0) is 6.54 Å². The summed E-state index contributed by atoms with van der Waals surface area (Å²) in [6.45, 7) is 8.11. The fourth-order valence-electron chi connectivity index (χ4n) is 3.02. The Kier molecular flexibility index (Phi) is 5.84. The van der Waals surface area contributed by atoms with Crippen LogP contribution < -0.4 is 10.2 Å². The summed E-state index contributed by atoms with van der Waals surface area (Å²) in [5, 5.41) is 3.27. The van der Waals surface area contributed by atoms with Gasteiger partial charge in [0.15, 0.2) is 0 Å². The molecule has 20 heavy (non-hydrogen) atoms. The Labute approximate surface area is 122 Å². The van der Waals surface area contributed by atoms with Gasteiger partial charge in [-0.3, -0.25) is 0 Å². The molecule has 0 saturated carbocycles. The van der Waals surface area contributed by atoms with Crippen LogP contribution in [0.5, 0.6) is 0 Å². The zero-order valence-corrected chi connectivity index (χ0v) is 12.8.